The minimum Gasteiger partial charge on any atom is -0.301 e. The van der Waals surface area contributed by atoms with Gasteiger partial charge in [-0.05, 0) is 31.5 Å². The van der Waals surface area contributed by atoms with Crippen LogP contribution in [-0.2, 0) is 13.0 Å². The molecule has 1 aliphatic heterocycles. The van der Waals surface area contributed by atoms with E-state index in [2.05, 4.69) is 27.2 Å². The molecule has 134 valence electrons. The van der Waals surface area contributed by atoms with Crippen molar-refractivity contribution in [3.05, 3.63) is 52.8 Å². The Bertz CT molecular complexity index is 949. The van der Waals surface area contributed by atoms with Crippen molar-refractivity contribution in [3.63, 3.8) is 0 Å². The van der Waals surface area contributed by atoms with Crippen molar-refractivity contribution in [2.75, 3.05) is 25.2 Å². The number of imidazole rings is 1. The molecule has 0 fully saturated rings. The number of fused-ring (bicyclic) bond motifs is 1. The number of aromatic nitrogens is 3. The quantitative estimate of drug-likeness (QED) is 0.698. The van der Waals surface area contributed by atoms with Gasteiger partial charge in [-0.3, -0.25) is 14.7 Å². The third-order valence-corrected chi connectivity index (χ3v) is 5.98. The zero-order valence-electron chi connectivity index (χ0n) is 14.6. The lowest BCUT2D eigenvalue weighted by molar-refractivity contribution is 0.102. The Kier molecular flexibility index (Phi) is 4.80. The van der Waals surface area contributed by atoms with E-state index in [0.717, 1.165) is 36.0 Å². The predicted molar refractivity (Wildman–Crippen MR) is 105 cm³/mol. The SMILES string of the molecule is CSc1nccn1-c1cccc(C(=O)Nc2nc3c(s2)CN(C)CC3)c1. The summed E-state index contributed by atoms with van der Waals surface area (Å²) < 4.78 is 1.97. The molecule has 0 atom stereocenters. The molecule has 1 aliphatic rings. The lowest BCUT2D eigenvalue weighted by Crippen LogP contribution is -2.25. The maximum absolute atomic E-state index is 12.7. The molecule has 3 aromatic rings. The molecule has 6 nitrogen and oxygen atoms in total. The Labute approximate surface area is 160 Å². The van der Waals surface area contributed by atoms with Crippen LogP contribution < -0.4 is 5.32 Å². The standard InChI is InChI=1S/C18H19N5OS2/c1-22-8-6-14-15(11-22)26-17(20-14)21-16(24)12-4-3-5-13(10-12)23-9-7-19-18(23)25-2/h3-5,7,9-10H,6,8,11H2,1-2H3,(H,20,21,24). The Hall–Kier alpha value is -2.16. The lowest BCUT2D eigenvalue weighted by atomic mass is 10.2. The number of benzene rings is 1. The fourth-order valence-corrected chi connectivity index (χ4v) is 4.59. The average Bonchev–Trinajstić information content (AvgIpc) is 3.27. The van der Waals surface area contributed by atoms with Crippen LogP contribution in [0.2, 0.25) is 0 Å². The number of nitrogens with one attached hydrogen (secondary N) is 1. The first-order valence-electron chi connectivity index (χ1n) is 8.30. The van der Waals surface area contributed by atoms with Gasteiger partial charge in [-0.15, -0.1) is 11.3 Å². The topological polar surface area (TPSA) is 63.1 Å². The molecule has 1 aromatic carbocycles. The third-order valence-electron chi connectivity index (χ3n) is 4.32. The van der Waals surface area contributed by atoms with Gasteiger partial charge >= 0.3 is 0 Å². The maximum Gasteiger partial charge on any atom is 0.257 e. The predicted octanol–water partition coefficient (Wildman–Crippen LogP) is 3.29. The van der Waals surface area contributed by atoms with Crippen molar-refractivity contribution in [2.24, 2.45) is 0 Å². The number of likely N-dealkylation sites (N-methyl/N-ethyl adjacent to an activating group) is 1. The van der Waals surface area contributed by atoms with Gasteiger partial charge in [0.1, 0.15) is 0 Å². The first-order chi connectivity index (χ1) is 12.6. The van der Waals surface area contributed by atoms with Crippen molar-refractivity contribution >= 4 is 34.1 Å². The van der Waals surface area contributed by atoms with Crippen LogP contribution in [0.4, 0.5) is 5.13 Å². The number of hydrogen-bond donors (Lipinski definition) is 1. The van der Waals surface area contributed by atoms with Gasteiger partial charge in [-0.1, -0.05) is 17.8 Å². The number of nitrogens with zero attached hydrogens (tertiary/aromatic N) is 4. The molecule has 1 amide bonds. The van der Waals surface area contributed by atoms with Gasteiger partial charge in [-0.25, -0.2) is 9.97 Å². The van der Waals surface area contributed by atoms with Crippen molar-refractivity contribution in [1.29, 1.82) is 0 Å². The molecule has 1 N–H and O–H groups in total. The van der Waals surface area contributed by atoms with Crippen molar-refractivity contribution in [2.45, 2.75) is 18.1 Å². The summed E-state index contributed by atoms with van der Waals surface area (Å²) in [6.07, 6.45) is 6.58. The van der Waals surface area contributed by atoms with Gasteiger partial charge in [0.05, 0.1) is 5.69 Å². The highest BCUT2D eigenvalue weighted by Crippen LogP contribution is 2.28. The number of amides is 1. The van der Waals surface area contributed by atoms with E-state index in [1.165, 1.54) is 4.88 Å². The van der Waals surface area contributed by atoms with E-state index in [1.54, 1.807) is 29.3 Å². The highest BCUT2D eigenvalue weighted by molar-refractivity contribution is 7.98. The highest BCUT2D eigenvalue weighted by atomic mass is 32.2. The molecule has 0 unspecified atom stereocenters. The van der Waals surface area contributed by atoms with Crippen LogP contribution in [0.3, 0.4) is 0 Å². The second-order valence-electron chi connectivity index (χ2n) is 6.17. The molecule has 0 radical (unpaired) electrons. The Morgan fingerprint density at radius 1 is 1.38 bits per heavy atom. The molecular weight excluding hydrogens is 366 g/mol. The second-order valence-corrected chi connectivity index (χ2v) is 8.02. The molecule has 0 saturated carbocycles. The molecule has 4 rings (SSSR count). The molecule has 3 heterocycles. The van der Waals surface area contributed by atoms with Gasteiger partial charge in [0.2, 0.25) is 0 Å². The number of carbonyl (C=O) groups excluding carboxylic acids is 1. The number of thioether (sulfide) groups is 1. The Morgan fingerprint density at radius 2 is 2.27 bits per heavy atom. The van der Waals surface area contributed by atoms with Crippen LogP contribution >= 0.6 is 23.1 Å². The largest absolute Gasteiger partial charge is 0.301 e. The molecule has 2 aromatic heterocycles. The van der Waals surface area contributed by atoms with E-state index in [9.17, 15) is 4.79 Å². The van der Waals surface area contributed by atoms with Gasteiger partial charge in [0.15, 0.2) is 10.3 Å². The number of rotatable bonds is 4. The molecular formula is C18H19N5OS2. The summed E-state index contributed by atoms with van der Waals surface area (Å²) in [4.78, 5) is 25.1. The summed E-state index contributed by atoms with van der Waals surface area (Å²) in [5.41, 5.74) is 2.63. The van der Waals surface area contributed by atoms with Gasteiger partial charge in [0, 0.05) is 48.0 Å². The van der Waals surface area contributed by atoms with Crippen LogP contribution in [0.25, 0.3) is 5.69 Å². The number of thiazole rings is 1. The smallest absolute Gasteiger partial charge is 0.257 e. The van der Waals surface area contributed by atoms with Crippen LogP contribution in [0.5, 0.6) is 0 Å². The fraction of sp³-hybridized carbons (Fsp3) is 0.278. The van der Waals surface area contributed by atoms with Crippen LogP contribution in [0.15, 0.2) is 41.8 Å². The first kappa shape index (κ1) is 17.3. The highest BCUT2D eigenvalue weighted by Gasteiger charge is 2.19. The maximum atomic E-state index is 12.7. The van der Waals surface area contributed by atoms with Crippen LogP contribution in [0, 0.1) is 0 Å². The molecule has 0 spiro atoms. The van der Waals surface area contributed by atoms with Gasteiger partial charge < -0.3 is 4.90 Å². The van der Waals surface area contributed by atoms with E-state index in [1.807, 2.05) is 41.3 Å². The monoisotopic (exact) mass is 385 g/mol. The van der Waals surface area contributed by atoms with Gasteiger partial charge in [-0.2, -0.15) is 0 Å². The van der Waals surface area contributed by atoms with Crippen molar-refractivity contribution < 1.29 is 4.79 Å². The summed E-state index contributed by atoms with van der Waals surface area (Å²) in [6.45, 7) is 1.91. The van der Waals surface area contributed by atoms with Crippen molar-refractivity contribution in [3.8, 4) is 5.69 Å². The molecule has 0 bridgehead atoms. The van der Waals surface area contributed by atoms with Crippen molar-refractivity contribution in [1.82, 2.24) is 19.4 Å². The van der Waals surface area contributed by atoms with E-state index >= 15 is 0 Å². The molecule has 0 aliphatic carbocycles. The Morgan fingerprint density at radius 3 is 3.12 bits per heavy atom. The lowest BCUT2D eigenvalue weighted by Gasteiger charge is -2.20. The normalized spacial score (nSPS) is 14.2. The molecule has 26 heavy (non-hydrogen) atoms. The third kappa shape index (κ3) is 3.40. The van der Waals surface area contributed by atoms with E-state index in [-0.39, 0.29) is 5.91 Å². The van der Waals surface area contributed by atoms with E-state index < -0.39 is 0 Å². The number of carbonyl (C=O) groups is 1. The fourth-order valence-electron chi connectivity index (χ4n) is 2.98. The first-order valence-corrected chi connectivity index (χ1v) is 10.3. The van der Waals surface area contributed by atoms with Crippen LogP contribution in [0.1, 0.15) is 20.9 Å². The van der Waals surface area contributed by atoms with E-state index in [0.29, 0.717) is 10.7 Å². The summed E-state index contributed by atoms with van der Waals surface area (Å²) in [7, 11) is 2.10. The summed E-state index contributed by atoms with van der Waals surface area (Å²) in [5.74, 6) is -0.142. The summed E-state index contributed by atoms with van der Waals surface area (Å²) in [6, 6.07) is 7.54. The minimum atomic E-state index is -0.142. The summed E-state index contributed by atoms with van der Waals surface area (Å²) >= 11 is 3.14. The summed E-state index contributed by atoms with van der Waals surface area (Å²) in [5, 5.41) is 4.51. The number of anilines is 1. The van der Waals surface area contributed by atoms with E-state index in [4.69, 9.17) is 0 Å². The van der Waals surface area contributed by atoms with Crippen LogP contribution in [-0.4, -0.2) is 45.2 Å². The Balaban J connectivity index is 1.55. The zero-order chi connectivity index (χ0) is 18.1. The average molecular weight is 386 g/mol. The second kappa shape index (κ2) is 7.22. The zero-order valence-corrected chi connectivity index (χ0v) is 16.2. The molecule has 0 saturated heterocycles. The number of hydrogen-bond acceptors (Lipinski definition) is 6. The van der Waals surface area contributed by atoms with Gasteiger partial charge in [0.25, 0.3) is 5.91 Å². The minimum absolute atomic E-state index is 0.142. The molecule has 8 heteroatoms.